The molecule has 0 aliphatic carbocycles. The second-order valence-corrected chi connectivity index (χ2v) is 8.00. The van der Waals surface area contributed by atoms with Crippen molar-refractivity contribution in [3.8, 4) is 0 Å². The van der Waals surface area contributed by atoms with Crippen LogP contribution in [-0.2, 0) is 11.2 Å². The summed E-state index contributed by atoms with van der Waals surface area (Å²) >= 11 is 6.24. The van der Waals surface area contributed by atoms with Gasteiger partial charge in [-0.2, -0.15) is 0 Å². The molecule has 3 heterocycles. The molecule has 0 unspecified atom stereocenters. The molecule has 1 amide bonds. The third-order valence-electron chi connectivity index (χ3n) is 5.57. The van der Waals surface area contributed by atoms with Crippen LogP contribution < -0.4 is 0 Å². The number of nitrogens with zero attached hydrogens (tertiary/aromatic N) is 3. The Morgan fingerprint density at radius 3 is 2.81 bits per heavy atom. The smallest absolute Gasteiger partial charge is 0.236 e. The summed E-state index contributed by atoms with van der Waals surface area (Å²) in [6.45, 7) is 4.20. The second-order valence-electron chi connectivity index (χ2n) is 7.60. The van der Waals surface area contributed by atoms with Crippen LogP contribution in [0.1, 0.15) is 48.8 Å². The molecule has 0 bridgehead atoms. The van der Waals surface area contributed by atoms with Crippen LogP contribution in [0, 0.1) is 0 Å². The Morgan fingerprint density at radius 1 is 1.19 bits per heavy atom. The van der Waals surface area contributed by atoms with E-state index in [0.717, 1.165) is 54.7 Å². The van der Waals surface area contributed by atoms with Gasteiger partial charge in [-0.3, -0.25) is 9.69 Å². The summed E-state index contributed by atoms with van der Waals surface area (Å²) in [6, 6.07) is 7.79. The fourth-order valence-electron chi connectivity index (χ4n) is 4.06. The molecule has 0 spiro atoms. The van der Waals surface area contributed by atoms with Gasteiger partial charge in [-0.25, -0.2) is 4.98 Å². The van der Waals surface area contributed by atoms with Gasteiger partial charge >= 0.3 is 0 Å². The molecule has 5 nitrogen and oxygen atoms in total. The molecule has 0 saturated carbocycles. The van der Waals surface area contributed by atoms with Crippen LogP contribution >= 0.6 is 11.6 Å². The van der Waals surface area contributed by atoms with Crippen molar-refractivity contribution in [2.24, 2.45) is 0 Å². The Bertz CT molecular complexity index is 785. The summed E-state index contributed by atoms with van der Waals surface area (Å²) < 4.78 is 6.03. The Hall–Kier alpha value is -1.85. The molecule has 144 valence electrons. The van der Waals surface area contributed by atoms with E-state index < -0.39 is 0 Å². The minimum absolute atomic E-state index is 0.182. The van der Waals surface area contributed by atoms with Crippen molar-refractivity contribution in [1.82, 2.24) is 14.8 Å². The highest BCUT2D eigenvalue weighted by molar-refractivity contribution is 6.31. The summed E-state index contributed by atoms with van der Waals surface area (Å²) in [5.41, 5.74) is 1.04. The number of aromatic nitrogens is 1. The molecule has 27 heavy (non-hydrogen) atoms. The fraction of sp³-hybridized carbons (Fsp3) is 0.524. The van der Waals surface area contributed by atoms with E-state index in [1.165, 1.54) is 12.8 Å². The third-order valence-corrected chi connectivity index (χ3v) is 5.94. The van der Waals surface area contributed by atoms with Crippen molar-refractivity contribution < 1.29 is 9.21 Å². The van der Waals surface area contributed by atoms with Gasteiger partial charge in [-0.15, -0.1) is 0 Å². The van der Waals surface area contributed by atoms with E-state index in [1.54, 1.807) is 6.20 Å². The number of rotatable bonds is 5. The van der Waals surface area contributed by atoms with Gasteiger partial charge in [0.25, 0.3) is 0 Å². The van der Waals surface area contributed by atoms with Crippen molar-refractivity contribution in [2.75, 3.05) is 32.7 Å². The molecular weight excluding hydrogens is 362 g/mol. The molecule has 0 N–H and O–H groups in total. The van der Waals surface area contributed by atoms with E-state index in [4.69, 9.17) is 16.0 Å². The lowest BCUT2D eigenvalue weighted by Crippen LogP contribution is -2.44. The standard InChI is InChI=1S/C21H26ClN3O2/c22-19-8-2-1-6-16(19)12-18-13-23-21(27-18)17-7-5-11-25(14-17)20(26)15-24-9-3-4-10-24/h1-2,6,8,13,17H,3-5,7,9-12,14-15H2/t17-/m0/s1. The first-order valence-corrected chi connectivity index (χ1v) is 10.2. The van der Waals surface area contributed by atoms with Crippen molar-refractivity contribution in [2.45, 2.75) is 38.0 Å². The van der Waals surface area contributed by atoms with Crippen LogP contribution in [0.2, 0.25) is 5.02 Å². The number of likely N-dealkylation sites (tertiary alicyclic amines) is 2. The molecule has 1 aromatic carbocycles. The van der Waals surface area contributed by atoms with Gasteiger partial charge in [0.1, 0.15) is 5.76 Å². The topological polar surface area (TPSA) is 49.6 Å². The average molecular weight is 388 g/mol. The predicted molar refractivity (Wildman–Crippen MR) is 105 cm³/mol. The molecule has 4 rings (SSSR count). The van der Waals surface area contributed by atoms with Gasteiger partial charge in [0.05, 0.1) is 18.7 Å². The van der Waals surface area contributed by atoms with Crippen molar-refractivity contribution in [3.05, 3.63) is 52.7 Å². The van der Waals surface area contributed by atoms with Crippen LogP contribution in [0.15, 0.2) is 34.9 Å². The molecule has 6 heteroatoms. The maximum absolute atomic E-state index is 12.6. The molecule has 2 saturated heterocycles. The first-order chi connectivity index (χ1) is 13.2. The van der Waals surface area contributed by atoms with Gasteiger partial charge in [0.2, 0.25) is 5.91 Å². The third kappa shape index (κ3) is 4.53. The average Bonchev–Trinajstić information content (AvgIpc) is 3.36. The number of halogens is 1. The van der Waals surface area contributed by atoms with Crippen molar-refractivity contribution >= 4 is 17.5 Å². The Morgan fingerprint density at radius 2 is 2.00 bits per heavy atom. The summed E-state index contributed by atoms with van der Waals surface area (Å²) in [5, 5.41) is 0.742. The first kappa shape index (κ1) is 18.5. The number of piperidine rings is 1. The van der Waals surface area contributed by atoms with Crippen LogP contribution in [-0.4, -0.2) is 53.4 Å². The Balaban J connectivity index is 1.37. The number of benzene rings is 1. The molecule has 0 radical (unpaired) electrons. The number of amides is 1. The molecule has 1 atom stereocenters. The van der Waals surface area contributed by atoms with Gasteiger partial charge in [-0.05, 0) is 50.4 Å². The van der Waals surface area contributed by atoms with Crippen LogP contribution in [0.3, 0.4) is 0 Å². The summed E-state index contributed by atoms with van der Waals surface area (Å²) in [5.74, 6) is 1.99. The fourth-order valence-corrected chi connectivity index (χ4v) is 4.26. The zero-order valence-electron chi connectivity index (χ0n) is 15.6. The van der Waals surface area contributed by atoms with E-state index >= 15 is 0 Å². The molecule has 2 aliphatic heterocycles. The zero-order valence-corrected chi connectivity index (χ0v) is 16.3. The largest absolute Gasteiger partial charge is 0.445 e. The molecule has 2 fully saturated rings. The summed E-state index contributed by atoms with van der Waals surface area (Å²) in [6.07, 6.45) is 6.86. The maximum atomic E-state index is 12.6. The maximum Gasteiger partial charge on any atom is 0.236 e. The second kappa shape index (κ2) is 8.44. The lowest BCUT2D eigenvalue weighted by molar-refractivity contribution is -0.133. The van der Waals surface area contributed by atoms with Crippen LogP contribution in [0.4, 0.5) is 0 Å². The highest BCUT2D eigenvalue weighted by Gasteiger charge is 2.29. The van der Waals surface area contributed by atoms with Crippen LogP contribution in [0.25, 0.3) is 0 Å². The van der Waals surface area contributed by atoms with E-state index in [2.05, 4.69) is 9.88 Å². The minimum Gasteiger partial charge on any atom is -0.445 e. The summed E-state index contributed by atoms with van der Waals surface area (Å²) in [4.78, 5) is 21.4. The number of hydrogen-bond donors (Lipinski definition) is 0. The normalized spacial score (nSPS) is 20.9. The lowest BCUT2D eigenvalue weighted by Gasteiger charge is -2.32. The van der Waals surface area contributed by atoms with E-state index in [-0.39, 0.29) is 11.8 Å². The predicted octanol–water partition coefficient (Wildman–Crippen LogP) is 3.72. The minimum atomic E-state index is 0.182. The number of carbonyl (C=O) groups is 1. The van der Waals surface area contributed by atoms with Crippen LogP contribution in [0.5, 0.6) is 0 Å². The van der Waals surface area contributed by atoms with E-state index in [1.807, 2.05) is 29.2 Å². The van der Waals surface area contributed by atoms with E-state index in [0.29, 0.717) is 19.5 Å². The number of oxazole rings is 1. The van der Waals surface area contributed by atoms with Gasteiger partial charge < -0.3 is 9.32 Å². The molecule has 1 aromatic heterocycles. The molecular formula is C21H26ClN3O2. The van der Waals surface area contributed by atoms with Crippen molar-refractivity contribution in [3.63, 3.8) is 0 Å². The summed E-state index contributed by atoms with van der Waals surface area (Å²) in [7, 11) is 0. The SMILES string of the molecule is O=C(CN1CCCC1)N1CCC[C@H](c2ncc(Cc3ccccc3Cl)o2)C1. The number of hydrogen-bond acceptors (Lipinski definition) is 4. The molecule has 2 aromatic rings. The Kier molecular flexibility index (Phi) is 5.79. The quantitative estimate of drug-likeness (QED) is 0.784. The first-order valence-electron chi connectivity index (χ1n) is 9.87. The van der Waals surface area contributed by atoms with Gasteiger partial charge in [0.15, 0.2) is 5.89 Å². The lowest BCUT2D eigenvalue weighted by atomic mass is 9.98. The van der Waals surface area contributed by atoms with Crippen molar-refractivity contribution in [1.29, 1.82) is 0 Å². The highest BCUT2D eigenvalue weighted by Crippen LogP contribution is 2.28. The Labute approximate surface area is 165 Å². The van der Waals surface area contributed by atoms with E-state index in [9.17, 15) is 4.79 Å². The zero-order chi connectivity index (χ0) is 18.6. The number of carbonyl (C=O) groups excluding carboxylic acids is 1. The van der Waals surface area contributed by atoms with Gasteiger partial charge in [0, 0.05) is 24.5 Å². The monoisotopic (exact) mass is 387 g/mol. The highest BCUT2D eigenvalue weighted by atomic mass is 35.5. The molecule has 2 aliphatic rings. The van der Waals surface area contributed by atoms with Gasteiger partial charge in [-0.1, -0.05) is 29.8 Å².